The topological polar surface area (TPSA) is 54.3 Å². The minimum atomic E-state index is 0.0875. The predicted molar refractivity (Wildman–Crippen MR) is 114 cm³/mol. The van der Waals surface area contributed by atoms with Gasteiger partial charge in [0.05, 0.1) is 17.8 Å². The van der Waals surface area contributed by atoms with Crippen LogP contribution < -0.4 is 4.90 Å². The van der Waals surface area contributed by atoms with Gasteiger partial charge in [0.15, 0.2) is 0 Å². The van der Waals surface area contributed by atoms with Crippen molar-refractivity contribution in [3.63, 3.8) is 0 Å². The molecule has 0 saturated carbocycles. The number of aromatic nitrogens is 3. The van der Waals surface area contributed by atoms with E-state index in [1.807, 2.05) is 48.0 Å². The maximum atomic E-state index is 13.2. The van der Waals surface area contributed by atoms with E-state index in [9.17, 15) is 4.79 Å². The Balaban J connectivity index is 1.46. The van der Waals surface area contributed by atoms with Crippen molar-refractivity contribution >= 4 is 11.6 Å². The number of hydrogen-bond donors (Lipinski definition) is 0. The summed E-state index contributed by atoms with van der Waals surface area (Å²) in [6.07, 6.45) is 3.62. The molecule has 1 amide bonds. The standard InChI is InChI=1S/C23H27N5O/c1-17-4-6-20(7-5-17)16-28-19(3)22(18(2)25-28)23(29)27-14-12-26(13-15-27)21-8-10-24-11-9-21/h4-11H,12-16H2,1-3H3. The minimum Gasteiger partial charge on any atom is -0.368 e. The van der Waals surface area contributed by atoms with Crippen molar-refractivity contribution in [3.8, 4) is 0 Å². The molecule has 1 aromatic carbocycles. The summed E-state index contributed by atoms with van der Waals surface area (Å²) in [6, 6.07) is 12.5. The highest BCUT2D eigenvalue weighted by Gasteiger charge is 2.27. The van der Waals surface area contributed by atoms with Gasteiger partial charge >= 0.3 is 0 Å². The van der Waals surface area contributed by atoms with Crippen molar-refractivity contribution in [2.75, 3.05) is 31.1 Å². The van der Waals surface area contributed by atoms with E-state index >= 15 is 0 Å². The molecule has 0 atom stereocenters. The molecule has 3 aromatic rings. The first-order valence-electron chi connectivity index (χ1n) is 10.1. The van der Waals surface area contributed by atoms with Crippen LogP contribution in [0.25, 0.3) is 0 Å². The summed E-state index contributed by atoms with van der Waals surface area (Å²) in [5.74, 6) is 0.0875. The summed E-state index contributed by atoms with van der Waals surface area (Å²) in [5, 5.41) is 4.66. The van der Waals surface area contributed by atoms with Crippen LogP contribution in [0.15, 0.2) is 48.8 Å². The first kappa shape index (κ1) is 19.2. The molecule has 0 bridgehead atoms. The molecule has 2 aromatic heterocycles. The Morgan fingerprint density at radius 2 is 1.59 bits per heavy atom. The average molecular weight is 390 g/mol. The summed E-state index contributed by atoms with van der Waals surface area (Å²) in [7, 11) is 0. The zero-order valence-electron chi connectivity index (χ0n) is 17.3. The molecule has 29 heavy (non-hydrogen) atoms. The molecule has 0 radical (unpaired) electrons. The summed E-state index contributed by atoms with van der Waals surface area (Å²) < 4.78 is 1.94. The number of rotatable bonds is 4. The number of carbonyl (C=O) groups is 1. The van der Waals surface area contributed by atoms with E-state index in [0.29, 0.717) is 19.6 Å². The Morgan fingerprint density at radius 3 is 2.24 bits per heavy atom. The molecule has 1 fully saturated rings. The Labute approximate surface area is 171 Å². The van der Waals surface area contributed by atoms with Crippen LogP contribution in [0.4, 0.5) is 5.69 Å². The maximum absolute atomic E-state index is 13.2. The number of carbonyl (C=O) groups excluding carboxylic acids is 1. The van der Waals surface area contributed by atoms with Crippen molar-refractivity contribution in [2.24, 2.45) is 0 Å². The highest BCUT2D eigenvalue weighted by atomic mass is 16.2. The summed E-state index contributed by atoms with van der Waals surface area (Å²) in [4.78, 5) is 21.6. The Bertz CT molecular complexity index is 986. The molecular weight excluding hydrogens is 362 g/mol. The monoisotopic (exact) mass is 389 g/mol. The fourth-order valence-corrected chi connectivity index (χ4v) is 3.91. The second kappa shape index (κ2) is 8.07. The van der Waals surface area contributed by atoms with Crippen molar-refractivity contribution < 1.29 is 4.79 Å². The van der Waals surface area contributed by atoms with Gasteiger partial charge in [-0.2, -0.15) is 5.10 Å². The van der Waals surface area contributed by atoms with E-state index in [1.165, 1.54) is 11.1 Å². The Kier molecular flexibility index (Phi) is 5.34. The first-order chi connectivity index (χ1) is 14.0. The number of nitrogens with zero attached hydrogens (tertiary/aromatic N) is 5. The van der Waals surface area contributed by atoms with Gasteiger partial charge in [0.1, 0.15) is 0 Å². The molecule has 1 saturated heterocycles. The van der Waals surface area contributed by atoms with E-state index in [2.05, 4.69) is 46.2 Å². The van der Waals surface area contributed by atoms with Crippen LogP contribution in [0, 0.1) is 20.8 Å². The number of hydrogen-bond acceptors (Lipinski definition) is 4. The Hall–Kier alpha value is -3.15. The van der Waals surface area contributed by atoms with Crippen LogP contribution in [-0.4, -0.2) is 51.8 Å². The molecule has 0 unspecified atom stereocenters. The normalized spacial score (nSPS) is 14.3. The lowest BCUT2D eigenvalue weighted by atomic mass is 10.1. The number of aryl methyl sites for hydroxylation is 2. The van der Waals surface area contributed by atoms with Crippen molar-refractivity contribution in [2.45, 2.75) is 27.3 Å². The van der Waals surface area contributed by atoms with Gasteiger partial charge in [0, 0.05) is 50.0 Å². The van der Waals surface area contributed by atoms with E-state index in [4.69, 9.17) is 0 Å². The SMILES string of the molecule is Cc1ccc(Cn2nc(C)c(C(=O)N3CCN(c4ccncc4)CC3)c2C)cc1. The van der Waals surface area contributed by atoms with Gasteiger partial charge in [0.2, 0.25) is 0 Å². The lowest BCUT2D eigenvalue weighted by Gasteiger charge is -2.36. The van der Waals surface area contributed by atoms with Gasteiger partial charge in [-0.25, -0.2) is 0 Å². The largest absolute Gasteiger partial charge is 0.368 e. The molecule has 3 heterocycles. The third-order valence-electron chi connectivity index (χ3n) is 5.64. The van der Waals surface area contributed by atoms with Crippen LogP contribution in [-0.2, 0) is 6.54 Å². The van der Waals surface area contributed by atoms with Crippen molar-refractivity contribution in [1.29, 1.82) is 0 Å². The summed E-state index contributed by atoms with van der Waals surface area (Å²) in [5.41, 5.74) is 6.07. The van der Waals surface area contributed by atoms with Crippen LogP contribution in [0.3, 0.4) is 0 Å². The zero-order valence-corrected chi connectivity index (χ0v) is 17.3. The van der Waals surface area contributed by atoms with Gasteiger partial charge < -0.3 is 9.80 Å². The molecule has 6 nitrogen and oxygen atoms in total. The van der Waals surface area contributed by atoms with Crippen LogP contribution >= 0.6 is 0 Å². The third-order valence-corrected chi connectivity index (χ3v) is 5.64. The van der Waals surface area contributed by atoms with Crippen LogP contribution in [0.5, 0.6) is 0 Å². The summed E-state index contributed by atoms with van der Waals surface area (Å²) >= 11 is 0. The fraction of sp³-hybridized carbons (Fsp3) is 0.348. The van der Waals surface area contributed by atoms with E-state index in [0.717, 1.165) is 35.7 Å². The zero-order chi connectivity index (χ0) is 20.4. The predicted octanol–water partition coefficient (Wildman–Crippen LogP) is 3.21. The van der Waals surface area contributed by atoms with Gasteiger partial charge in [-0.3, -0.25) is 14.5 Å². The van der Waals surface area contributed by atoms with Crippen LogP contribution in [0.2, 0.25) is 0 Å². The third kappa shape index (κ3) is 4.01. The molecule has 6 heteroatoms. The molecule has 0 spiro atoms. The summed E-state index contributed by atoms with van der Waals surface area (Å²) in [6.45, 7) is 9.76. The van der Waals surface area contributed by atoms with Gasteiger partial charge in [0.25, 0.3) is 5.91 Å². The fourth-order valence-electron chi connectivity index (χ4n) is 3.91. The minimum absolute atomic E-state index is 0.0875. The van der Waals surface area contributed by atoms with E-state index in [-0.39, 0.29) is 5.91 Å². The highest BCUT2D eigenvalue weighted by Crippen LogP contribution is 2.20. The smallest absolute Gasteiger partial charge is 0.257 e. The molecule has 0 aliphatic carbocycles. The second-order valence-corrected chi connectivity index (χ2v) is 7.67. The van der Waals surface area contributed by atoms with Crippen molar-refractivity contribution in [1.82, 2.24) is 19.7 Å². The van der Waals surface area contributed by atoms with E-state index < -0.39 is 0 Å². The van der Waals surface area contributed by atoms with E-state index in [1.54, 1.807) is 0 Å². The number of benzene rings is 1. The van der Waals surface area contributed by atoms with Gasteiger partial charge in [-0.15, -0.1) is 0 Å². The lowest BCUT2D eigenvalue weighted by molar-refractivity contribution is 0.0745. The first-order valence-corrected chi connectivity index (χ1v) is 10.1. The van der Waals surface area contributed by atoms with Crippen molar-refractivity contribution in [3.05, 3.63) is 76.9 Å². The molecule has 150 valence electrons. The number of pyridine rings is 1. The second-order valence-electron chi connectivity index (χ2n) is 7.67. The quantitative estimate of drug-likeness (QED) is 0.688. The molecular formula is C23H27N5O. The van der Waals surface area contributed by atoms with Gasteiger partial charge in [-0.1, -0.05) is 29.8 Å². The Morgan fingerprint density at radius 1 is 0.931 bits per heavy atom. The number of piperazine rings is 1. The number of anilines is 1. The van der Waals surface area contributed by atoms with Gasteiger partial charge in [-0.05, 0) is 38.5 Å². The molecule has 4 rings (SSSR count). The average Bonchev–Trinajstić information content (AvgIpc) is 3.03. The number of amides is 1. The maximum Gasteiger partial charge on any atom is 0.257 e. The molecule has 0 N–H and O–H groups in total. The highest BCUT2D eigenvalue weighted by molar-refractivity contribution is 5.96. The van der Waals surface area contributed by atoms with Crippen LogP contribution in [0.1, 0.15) is 32.9 Å². The lowest BCUT2D eigenvalue weighted by Crippen LogP contribution is -2.49. The molecule has 1 aliphatic heterocycles. The molecule has 1 aliphatic rings.